The summed E-state index contributed by atoms with van der Waals surface area (Å²) in [5, 5.41) is 7.76. The SMILES string of the molecule is Cc1ccc2ccccc2c1-c1c(-c2ccccc2Cc2cccc3ccccc23)ccc2ccccc12.O. The molecule has 0 atom stereocenters. The van der Waals surface area contributed by atoms with Gasteiger partial charge >= 0.3 is 0 Å². The summed E-state index contributed by atoms with van der Waals surface area (Å²) < 4.78 is 0. The van der Waals surface area contributed by atoms with Gasteiger partial charge < -0.3 is 5.48 Å². The van der Waals surface area contributed by atoms with E-state index in [1.54, 1.807) is 0 Å². The molecule has 0 saturated heterocycles. The molecule has 0 aliphatic carbocycles. The highest BCUT2D eigenvalue weighted by Crippen LogP contribution is 2.44. The molecule has 0 fully saturated rings. The van der Waals surface area contributed by atoms with Crippen LogP contribution in [0.5, 0.6) is 0 Å². The predicted octanol–water partition coefficient (Wildman–Crippen LogP) is 9.55. The largest absolute Gasteiger partial charge is 0.412 e. The van der Waals surface area contributed by atoms with Gasteiger partial charge in [0.05, 0.1) is 0 Å². The normalized spacial score (nSPS) is 11.1. The molecule has 0 radical (unpaired) electrons. The first-order valence-electron chi connectivity index (χ1n) is 13.3. The smallest absolute Gasteiger partial charge is 0.00135 e. The van der Waals surface area contributed by atoms with E-state index in [0.29, 0.717) is 0 Å². The van der Waals surface area contributed by atoms with Crippen molar-refractivity contribution in [2.24, 2.45) is 0 Å². The van der Waals surface area contributed by atoms with Gasteiger partial charge in [-0.15, -0.1) is 0 Å². The third-order valence-corrected chi connectivity index (χ3v) is 7.88. The fraction of sp³-hybridized carbons (Fsp3) is 0.0526. The second-order valence-electron chi connectivity index (χ2n) is 10.2. The molecule has 0 bridgehead atoms. The number of benzene rings is 7. The van der Waals surface area contributed by atoms with E-state index in [0.717, 1.165) is 6.42 Å². The maximum Gasteiger partial charge on any atom is -0.00135 e. The summed E-state index contributed by atoms with van der Waals surface area (Å²) in [6.07, 6.45) is 0.887. The van der Waals surface area contributed by atoms with Gasteiger partial charge in [0.2, 0.25) is 0 Å². The van der Waals surface area contributed by atoms with Gasteiger partial charge in [-0.05, 0) is 84.6 Å². The van der Waals surface area contributed by atoms with E-state index in [9.17, 15) is 0 Å². The molecule has 0 saturated carbocycles. The Labute approximate surface area is 229 Å². The zero-order valence-corrected chi connectivity index (χ0v) is 22.0. The number of rotatable bonds is 4. The highest BCUT2D eigenvalue weighted by atomic mass is 16.0. The highest BCUT2D eigenvalue weighted by Gasteiger charge is 2.18. The van der Waals surface area contributed by atoms with Gasteiger partial charge in [0, 0.05) is 0 Å². The molecule has 39 heavy (non-hydrogen) atoms. The number of hydrogen-bond donors (Lipinski definition) is 0. The summed E-state index contributed by atoms with van der Waals surface area (Å²) in [6, 6.07) is 51.0. The van der Waals surface area contributed by atoms with Crippen molar-refractivity contribution >= 4 is 32.3 Å². The molecule has 0 aromatic heterocycles. The molecule has 0 aliphatic heterocycles. The zero-order valence-electron chi connectivity index (χ0n) is 22.0. The van der Waals surface area contributed by atoms with E-state index in [4.69, 9.17) is 0 Å². The van der Waals surface area contributed by atoms with E-state index >= 15 is 0 Å². The molecule has 0 heterocycles. The van der Waals surface area contributed by atoms with Gasteiger partial charge in [-0.25, -0.2) is 0 Å². The van der Waals surface area contributed by atoms with E-state index in [-0.39, 0.29) is 5.48 Å². The first-order valence-corrected chi connectivity index (χ1v) is 13.3. The Morgan fingerprint density at radius 1 is 0.385 bits per heavy atom. The molecule has 1 heteroatoms. The Bertz CT molecular complexity index is 1960. The summed E-state index contributed by atoms with van der Waals surface area (Å²) in [4.78, 5) is 0. The van der Waals surface area contributed by atoms with Crippen molar-refractivity contribution in [3.05, 3.63) is 156 Å². The number of hydrogen-bond acceptors (Lipinski definition) is 0. The van der Waals surface area contributed by atoms with Crippen LogP contribution < -0.4 is 0 Å². The van der Waals surface area contributed by atoms with Gasteiger partial charge in [-0.1, -0.05) is 140 Å². The molecular formula is C38H30O. The minimum atomic E-state index is 0. The van der Waals surface area contributed by atoms with Crippen LogP contribution in [0, 0.1) is 6.92 Å². The van der Waals surface area contributed by atoms with Crippen molar-refractivity contribution in [2.45, 2.75) is 13.3 Å². The van der Waals surface area contributed by atoms with Crippen LogP contribution in [-0.2, 0) is 6.42 Å². The van der Waals surface area contributed by atoms with Crippen LogP contribution in [0.1, 0.15) is 16.7 Å². The first kappa shape index (κ1) is 24.6. The molecule has 188 valence electrons. The molecule has 7 aromatic rings. The lowest BCUT2D eigenvalue weighted by Crippen LogP contribution is -1.97. The van der Waals surface area contributed by atoms with Crippen LogP contribution in [0.25, 0.3) is 54.6 Å². The van der Waals surface area contributed by atoms with Crippen LogP contribution in [0.3, 0.4) is 0 Å². The summed E-state index contributed by atoms with van der Waals surface area (Å²) in [5.41, 5.74) is 9.25. The Kier molecular flexibility index (Phi) is 6.44. The quantitative estimate of drug-likeness (QED) is 0.229. The van der Waals surface area contributed by atoms with Crippen molar-refractivity contribution in [3.8, 4) is 22.3 Å². The summed E-state index contributed by atoms with van der Waals surface area (Å²) >= 11 is 0. The van der Waals surface area contributed by atoms with Crippen molar-refractivity contribution in [1.29, 1.82) is 0 Å². The molecule has 7 aromatic carbocycles. The Balaban J connectivity index is 0.00000277. The van der Waals surface area contributed by atoms with Crippen molar-refractivity contribution in [3.63, 3.8) is 0 Å². The summed E-state index contributed by atoms with van der Waals surface area (Å²) in [6.45, 7) is 2.25. The maximum absolute atomic E-state index is 2.33. The molecule has 0 amide bonds. The summed E-state index contributed by atoms with van der Waals surface area (Å²) in [7, 11) is 0. The Morgan fingerprint density at radius 3 is 1.64 bits per heavy atom. The fourth-order valence-electron chi connectivity index (χ4n) is 6.07. The fourth-order valence-corrected chi connectivity index (χ4v) is 6.07. The predicted molar refractivity (Wildman–Crippen MR) is 167 cm³/mol. The molecule has 2 N–H and O–H groups in total. The number of aryl methyl sites for hydroxylation is 1. The minimum Gasteiger partial charge on any atom is -0.412 e. The topological polar surface area (TPSA) is 31.5 Å². The average Bonchev–Trinajstić information content (AvgIpc) is 2.97. The Hall–Kier alpha value is -4.72. The monoisotopic (exact) mass is 502 g/mol. The van der Waals surface area contributed by atoms with Gasteiger partial charge in [-0.2, -0.15) is 0 Å². The number of fused-ring (bicyclic) bond motifs is 3. The molecule has 0 aliphatic rings. The standard InChI is InChI=1S/C38H28.H2O/c1-26-21-22-28-12-3-8-19-34(28)37(26)38-35-20-9-4-13-29(35)23-24-36(38)33-18-7-5-14-31(33)25-30-16-10-15-27-11-2-6-17-32(27)30;/h2-24H,25H2,1H3;1H2. The van der Waals surface area contributed by atoms with Crippen LogP contribution >= 0.6 is 0 Å². The van der Waals surface area contributed by atoms with E-state index < -0.39 is 0 Å². The zero-order chi connectivity index (χ0) is 25.5. The van der Waals surface area contributed by atoms with Crippen LogP contribution in [0.4, 0.5) is 0 Å². The molecule has 1 nitrogen and oxygen atoms in total. The molecule has 0 unspecified atom stereocenters. The summed E-state index contributed by atoms with van der Waals surface area (Å²) in [5.74, 6) is 0. The Morgan fingerprint density at radius 2 is 0.897 bits per heavy atom. The lowest BCUT2D eigenvalue weighted by atomic mass is 9.83. The van der Waals surface area contributed by atoms with Gasteiger partial charge in [0.25, 0.3) is 0 Å². The van der Waals surface area contributed by atoms with Crippen molar-refractivity contribution < 1.29 is 5.48 Å². The van der Waals surface area contributed by atoms with Gasteiger partial charge in [0.1, 0.15) is 0 Å². The van der Waals surface area contributed by atoms with Crippen LogP contribution in [-0.4, -0.2) is 5.48 Å². The maximum atomic E-state index is 2.33. The second kappa shape index (κ2) is 10.2. The third kappa shape index (κ3) is 4.27. The molecule has 0 spiro atoms. The average molecular weight is 503 g/mol. The highest BCUT2D eigenvalue weighted by molar-refractivity contribution is 6.11. The van der Waals surface area contributed by atoms with Gasteiger partial charge in [0.15, 0.2) is 0 Å². The van der Waals surface area contributed by atoms with E-state index in [1.807, 2.05) is 0 Å². The minimum absolute atomic E-state index is 0. The van der Waals surface area contributed by atoms with E-state index in [1.165, 1.54) is 71.3 Å². The lowest BCUT2D eigenvalue weighted by Gasteiger charge is -2.20. The van der Waals surface area contributed by atoms with E-state index in [2.05, 4.69) is 146 Å². The second-order valence-corrected chi connectivity index (χ2v) is 10.2. The van der Waals surface area contributed by atoms with Gasteiger partial charge in [-0.3, -0.25) is 0 Å². The molecular weight excluding hydrogens is 472 g/mol. The lowest BCUT2D eigenvalue weighted by molar-refractivity contribution is 0.824. The van der Waals surface area contributed by atoms with Crippen molar-refractivity contribution in [2.75, 3.05) is 0 Å². The third-order valence-electron chi connectivity index (χ3n) is 7.88. The molecule has 7 rings (SSSR count). The van der Waals surface area contributed by atoms with Crippen LogP contribution in [0.2, 0.25) is 0 Å². The van der Waals surface area contributed by atoms with Crippen LogP contribution in [0.15, 0.2) is 140 Å². The van der Waals surface area contributed by atoms with Crippen molar-refractivity contribution in [1.82, 2.24) is 0 Å². The first-order chi connectivity index (χ1) is 18.8.